The van der Waals surface area contributed by atoms with Crippen LogP contribution >= 0.6 is 0 Å². The number of methoxy groups -OCH3 is 1. The second-order valence-corrected chi connectivity index (χ2v) is 3.43. The van der Waals surface area contributed by atoms with Crippen molar-refractivity contribution >= 4 is 5.97 Å². The predicted octanol–water partition coefficient (Wildman–Crippen LogP) is 0.176. The van der Waals surface area contributed by atoms with Crippen LogP contribution < -0.4 is 0 Å². The average Bonchev–Trinajstić information content (AvgIpc) is 2.63. The number of carbonyl (C=O) groups excluding carboxylic acids is 1. The largest absolute Gasteiger partial charge is 0.469 e. The molecule has 0 unspecified atom stereocenters. The Hall–Kier alpha value is -0.570. The molecule has 2 saturated carbocycles. The molecular formula is C8H12O3. The Morgan fingerprint density at radius 3 is 2.73 bits per heavy atom. The average molecular weight is 156 g/mol. The summed E-state index contributed by atoms with van der Waals surface area (Å²) in [6.45, 7) is 0. The molecule has 3 nitrogen and oxygen atoms in total. The van der Waals surface area contributed by atoms with Crippen LogP contribution in [-0.4, -0.2) is 24.3 Å². The predicted molar refractivity (Wildman–Crippen MR) is 37.7 cm³/mol. The molecule has 3 heteroatoms. The smallest absolute Gasteiger partial charge is 0.309 e. The van der Waals surface area contributed by atoms with Gasteiger partial charge in [-0.1, -0.05) is 0 Å². The molecule has 1 N–H and O–H groups in total. The number of hydrogen-bond donors (Lipinski definition) is 1. The summed E-state index contributed by atoms with van der Waals surface area (Å²) in [5.41, 5.74) is 0. The van der Waals surface area contributed by atoms with Gasteiger partial charge in [0.05, 0.1) is 19.1 Å². The van der Waals surface area contributed by atoms with Gasteiger partial charge in [0.2, 0.25) is 0 Å². The molecule has 62 valence electrons. The van der Waals surface area contributed by atoms with Crippen molar-refractivity contribution in [2.24, 2.45) is 17.8 Å². The third-order valence-corrected chi connectivity index (χ3v) is 2.94. The Bertz CT molecular complexity index is 190. The quantitative estimate of drug-likeness (QED) is 0.551. The molecule has 0 heterocycles. The van der Waals surface area contributed by atoms with E-state index in [1.165, 1.54) is 7.11 Å². The summed E-state index contributed by atoms with van der Waals surface area (Å²) in [5.74, 6) is 0.530. The molecule has 2 fully saturated rings. The maximum atomic E-state index is 11.0. The zero-order valence-electron chi connectivity index (χ0n) is 6.49. The van der Waals surface area contributed by atoms with Crippen molar-refractivity contribution in [1.29, 1.82) is 0 Å². The van der Waals surface area contributed by atoms with E-state index in [1.54, 1.807) is 0 Å². The first-order valence-corrected chi connectivity index (χ1v) is 4.01. The molecule has 4 atom stereocenters. The molecule has 2 aliphatic rings. The van der Waals surface area contributed by atoms with E-state index in [0.717, 1.165) is 12.8 Å². The third-order valence-electron chi connectivity index (χ3n) is 2.94. The minimum absolute atomic E-state index is 0.0174. The molecule has 0 radical (unpaired) electrons. The zero-order chi connectivity index (χ0) is 8.01. The Labute approximate surface area is 65.4 Å². The number of ether oxygens (including phenoxy) is 1. The van der Waals surface area contributed by atoms with Crippen LogP contribution in [0.2, 0.25) is 0 Å². The highest BCUT2D eigenvalue weighted by atomic mass is 16.5. The van der Waals surface area contributed by atoms with Crippen LogP contribution in [0.5, 0.6) is 0 Å². The normalized spacial score (nSPS) is 46.7. The molecule has 0 aliphatic heterocycles. The molecule has 0 aromatic carbocycles. The van der Waals surface area contributed by atoms with Crippen molar-refractivity contribution in [3.8, 4) is 0 Å². The van der Waals surface area contributed by atoms with E-state index < -0.39 is 0 Å². The van der Waals surface area contributed by atoms with Crippen molar-refractivity contribution < 1.29 is 14.6 Å². The van der Waals surface area contributed by atoms with E-state index >= 15 is 0 Å². The van der Waals surface area contributed by atoms with Crippen molar-refractivity contribution in [2.75, 3.05) is 7.11 Å². The number of aliphatic hydroxyl groups excluding tert-OH is 1. The van der Waals surface area contributed by atoms with E-state index in [2.05, 4.69) is 4.74 Å². The summed E-state index contributed by atoms with van der Waals surface area (Å²) in [4.78, 5) is 11.0. The van der Waals surface area contributed by atoms with Crippen molar-refractivity contribution in [3.05, 3.63) is 0 Å². The van der Waals surface area contributed by atoms with Gasteiger partial charge in [-0.3, -0.25) is 4.79 Å². The van der Waals surface area contributed by atoms with Gasteiger partial charge in [-0.05, 0) is 18.8 Å². The van der Waals surface area contributed by atoms with Crippen molar-refractivity contribution in [1.82, 2.24) is 0 Å². The fourth-order valence-corrected chi connectivity index (χ4v) is 2.32. The van der Waals surface area contributed by atoms with Gasteiger partial charge >= 0.3 is 5.97 Å². The monoisotopic (exact) mass is 156 g/mol. The van der Waals surface area contributed by atoms with Gasteiger partial charge < -0.3 is 9.84 Å². The molecule has 0 aromatic heterocycles. The number of fused-ring (bicyclic) bond motifs is 1. The fourth-order valence-electron chi connectivity index (χ4n) is 2.32. The van der Waals surface area contributed by atoms with Crippen LogP contribution in [0.3, 0.4) is 0 Å². The standard InChI is InChI=1S/C8H12O3/c1-11-8(10)7-4-2-3-5(9)6(4)7/h4-7,9H,2-3H2,1H3/t4-,5-,6-,7+/m0/s1. The lowest BCUT2D eigenvalue weighted by atomic mass is 10.1. The summed E-state index contributed by atoms with van der Waals surface area (Å²) in [6.07, 6.45) is 1.61. The highest BCUT2D eigenvalue weighted by Crippen LogP contribution is 2.57. The Morgan fingerprint density at radius 1 is 1.55 bits per heavy atom. The fraction of sp³-hybridized carbons (Fsp3) is 0.875. The summed E-state index contributed by atoms with van der Waals surface area (Å²) >= 11 is 0. The maximum Gasteiger partial charge on any atom is 0.309 e. The molecular weight excluding hydrogens is 144 g/mol. The van der Waals surface area contributed by atoms with Gasteiger partial charge in [0.25, 0.3) is 0 Å². The lowest BCUT2D eigenvalue weighted by Crippen LogP contribution is -2.14. The third kappa shape index (κ3) is 0.872. The van der Waals surface area contributed by atoms with E-state index in [-0.39, 0.29) is 23.9 Å². The zero-order valence-corrected chi connectivity index (χ0v) is 6.49. The van der Waals surface area contributed by atoms with Crippen LogP contribution in [0.15, 0.2) is 0 Å². The Morgan fingerprint density at radius 2 is 2.27 bits per heavy atom. The Kier molecular flexibility index (Phi) is 1.42. The van der Waals surface area contributed by atoms with Gasteiger partial charge in [0.1, 0.15) is 0 Å². The first-order chi connectivity index (χ1) is 5.25. The van der Waals surface area contributed by atoms with Crippen LogP contribution in [0.4, 0.5) is 0 Å². The summed E-state index contributed by atoms with van der Waals surface area (Å²) < 4.78 is 4.61. The number of hydrogen-bond acceptors (Lipinski definition) is 3. The van der Waals surface area contributed by atoms with Crippen LogP contribution in [0, 0.1) is 17.8 Å². The SMILES string of the molecule is COC(=O)[C@@H]1[C@H]2CC[C@H](O)[C@H]21. The van der Waals surface area contributed by atoms with Gasteiger partial charge in [-0.2, -0.15) is 0 Å². The van der Waals surface area contributed by atoms with Crippen molar-refractivity contribution in [3.63, 3.8) is 0 Å². The first-order valence-electron chi connectivity index (χ1n) is 4.01. The molecule has 0 bridgehead atoms. The molecule has 11 heavy (non-hydrogen) atoms. The second-order valence-electron chi connectivity index (χ2n) is 3.43. The Balaban J connectivity index is 1.99. The summed E-state index contributed by atoms with van der Waals surface area (Å²) in [6, 6.07) is 0. The van der Waals surface area contributed by atoms with Gasteiger partial charge in [0, 0.05) is 5.92 Å². The van der Waals surface area contributed by atoms with E-state index in [1.807, 2.05) is 0 Å². The van der Waals surface area contributed by atoms with Gasteiger partial charge in [-0.25, -0.2) is 0 Å². The lowest BCUT2D eigenvalue weighted by Gasteiger charge is -2.05. The van der Waals surface area contributed by atoms with E-state index in [4.69, 9.17) is 0 Å². The highest BCUT2D eigenvalue weighted by Gasteiger charge is 2.61. The molecule has 0 saturated heterocycles. The number of aliphatic hydroxyl groups is 1. The maximum absolute atomic E-state index is 11.0. The van der Waals surface area contributed by atoms with Gasteiger partial charge in [0.15, 0.2) is 0 Å². The molecule has 2 rings (SSSR count). The number of esters is 1. The second kappa shape index (κ2) is 2.21. The van der Waals surface area contributed by atoms with Crippen LogP contribution in [-0.2, 0) is 9.53 Å². The summed E-state index contributed by atoms with van der Waals surface area (Å²) in [7, 11) is 1.41. The number of carbonyl (C=O) groups is 1. The highest BCUT2D eigenvalue weighted by molar-refractivity contribution is 5.76. The topological polar surface area (TPSA) is 46.5 Å². The molecule has 2 aliphatic carbocycles. The van der Waals surface area contributed by atoms with Gasteiger partial charge in [-0.15, -0.1) is 0 Å². The van der Waals surface area contributed by atoms with E-state index in [9.17, 15) is 9.90 Å². The summed E-state index contributed by atoms with van der Waals surface area (Å²) in [5, 5.41) is 9.35. The number of rotatable bonds is 1. The lowest BCUT2D eigenvalue weighted by molar-refractivity contribution is -0.143. The first kappa shape index (κ1) is 7.10. The van der Waals surface area contributed by atoms with Crippen LogP contribution in [0.25, 0.3) is 0 Å². The minimum atomic E-state index is -0.246. The molecule has 0 aromatic rings. The van der Waals surface area contributed by atoms with Crippen LogP contribution in [0.1, 0.15) is 12.8 Å². The van der Waals surface area contributed by atoms with E-state index in [0.29, 0.717) is 5.92 Å². The molecule has 0 amide bonds. The van der Waals surface area contributed by atoms with Crippen molar-refractivity contribution in [2.45, 2.75) is 18.9 Å². The minimum Gasteiger partial charge on any atom is -0.469 e. The molecule has 0 spiro atoms.